The van der Waals surface area contributed by atoms with E-state index in [0.717, 1.165) is 19.4 Å². The summed E-state index contributed by atoms with van der Waals surface area (Å²) in [5, 5.41) is 7.27. The van der Waals surface area contributed by atoms with Crippen LogP contribution in [0.15, 0.2) is 18.5 Å². The molecule has 0 spiro atoms. The van der Waals surface area contributed by atoms with Gasteiger partial charge in [-0.15, -0.1) is 0 Å². The van der Waals surface area contributed by atoms with Crippen molar-refractivity contribution in [3.05, 3.63) is 18.5 Å². The number of hydrogen-bond donors (Lipinski definition) is 1. The van der Waals surface area contributed by atoms with Crippen LogP contribution in [-0.4, -0.2) is 37.4 Å². The second-order valence-corrected chi connectivity index (χ2v) is 4.46. The van der Waals surface area contributed by atoms with Gasteiger partial charge in [-0.25, -0.2) is 4.68 Å². The third-order valence-electron chi connectivity index (χ3n) is 2.73. The Morgan fingerprint density at radius 2 is 2.15 bits per heavy atom. The largest absolute Gasteiger partial charge is 0.460 e. The predicted molar refractivity (Wildman–Crippen MR) is 76.1 cm³/mol. The summed E-state index contributed by atoms with van der Waals surface area (Å²) in [5.41, 5.74) is 0. The highest BCUT2D eigenvalue weighted by Gasteiger charge is 2.11. The first kappa shape index (κ1) is 14.2. The predicted octanol–water partition coefficient (Wildman–Crippen LogP) is 2.06. The molecule has 0 bridgehead atoms. The molecule has 2 aromatic heterocycles. The molecule has 0 saturated carbocycles. The SMILES string of the molecule is CCCNc1nc(OC(C)CC)nc(-n2cccn2)n1. The minimum Gasteiger partial charge on any atom is -0.460 e. The molecule has 0 fully saturated rings. The van der Waals surface area contributed by atoms with E-state index in [0.29, 0.717) is 17.9 Å². The minimum absolute atomic E-state index is 0.0573. The van der Waals surface area contributed by atoms with E-state index in [1.54, 1.807) is 17.1 Å². The molecule has 0 aliphatic carbocycles. The van der Waals surface area contributed by atoms with Crippen molar-refractivity contribution in [1.29, 1.82) is 0 Å². The van der Waals surface area contributed by atoms with E-state index in [9.17, 15) is 0 Å². The Bertz CT molecular complexity index is 528. The van der Waals surface area contributed by atoms with Gasteiger partial charge in [0.25, 0.3) is 5.95 Å². The smallest absolute Gasteiger partial charge is 0.323 e. The molecule has 7 heteroatoms. The molecule has 0 aliphatic heterocycles. The van der Waals surface area contributed by atoms with Gasteiger partial charge in [-0.2, -0.15) is 20.1 Å². The zero-order valence-electron chi connectivity index (χ0n) is 12.1. The first-order valence-corrected chi connectivity index (χ1v) is 6.89. The lowest BCUT2D eigenvalue weighted by Crippen LogP contribution is -2.16. The number of nitrogens with one attached hydrogen (secondary N) is 1. The molecule has 2 rings (SSSR count). The molecule has 2 heterocycles. The van der Waals surface area contributed by atoms with Gasteiger partial charge in [0.15, 0.2) is 0 Å². The maximum atomic E-state index is 5.68. The Morgan fingerprint density at radius 1 is 1.30 bits per heavy atom. The maximum absolute atomic E-state index is 5.68. The highest BCUT2D eigenvalue weighted by molar-refractivity contribution is 5.29. The Balaban J connectivity index is 2.28. The van der Waals surface area contributed by atoms with E-state index in [1.807, 2.05) is 13.0 Å². The molecule has 108 valence electrons. The standard InChI is InChI=1S/C13H20N6O/c1-4-7-14-11-16-12(19-9-6-8-15-19)18-13(17-11)20-10(3)5-2/h6,8-10H,4-5,7H2,1-3H3,(H,14,16,17,18). The normalized spacial score (nSPS) is 12.2. The van der Waals surface area contributed by atoms with Crippen LogP contribution >= 0.6 is 0 Å². The van der Waals surface area contributed by atoms with Gasteiger partial charge in [0.1, 0.15) is 0 Å². The molecule has 20 heavy (non-hydrogen) atoms. The maximum Gasteiger partial charge on any atom is 0.323 e. The Hall–Kier alpha value is -2.18. The van der Waals surface area contributed by atoms with Gasteiger partial charge in [-0.3, -0.25) is 0 Å². The highest BCUT2D eigenvalue weighted by atomic mass is 16.5. The third kappa shape index (κ3) is 3.66. The van der Waals surface area contributed by atoms with Crippen LogP contribution in [0.2, 0.25) is 0 Å². The van der Waals surface area contributed by atoms with Crippen molar-refractivity contribution >= 4 is 5.95 Å². The molecule has 0 saturated heterocycles. The number of anilines is 1. The van der Waals surface area contributed by atoms with Crippen LogP contribution in [0.4, 0.5) is 5.95 Å². The molecule has 0 aliphatic rings. The first-order valence-electron chi connectivity index (χ1n) is 6.89. The fourth-order valence-electron chi connectivity index (χ4n) is 1.47. The molecule has 1 unspecified atom stereocenters. The monoisotopic (exact) mass is 276 g/mol. The van der Waals surface area contributed by atoms with Gasteiger partial charge in [-0.05, 0) is 25.8 Å². The molecular weight excluding hydrogens is 256 g/mol. The van der Waals surface area contributed by atoms with Gasteiger partial charge in [0.05, 0.1) is 6.10 Å². The molecule has 0 aromatic carbocycles. The summed E-state index contributed by atoms with van der Waals surface area (Å²) >= 11 is 0. The van der Waals surface area contributed by atoms with Gasteiger partial charge in [0, 0.05) is 18.9 Å². The lowest BCUT2D eigenvalue weighted by atomic mass is 10.3. The summed E-state index contributed by atoms with van der Waals surface area (Å²) in [5.74, 6) is 0.951. The number of hydrogen-bond acceptors (Lipinski definition) is 6. The zero-order chi connectivity index (χ0) is 14.4. The van der Waals surface area contributed by atoms with E-state index < -0.39 is 0 Å². The number of rotatable bonds is 7. The van der Waals surface area contributed by atoms with Crippen molar-refractivity contribution in [1.82, 2.24) is 24.7 Å². The second kappa shape index (κ2) is 6.83. The summed E-state index contributed by atoms with van der Waals surface area (Å²) in [4.78, 5) is 12.9. The number of aromatic nitrogens is 5. The average molecular weight is 276 g/mol. The topological polar surface area (TPSA) is 77.8 Å². The van der Waals surface area contributed by atoms with Gasteiger partial charge in [0.2, 0.25) is 5.95 Å². The molecule has 7 nitrogen and oxygen atoms in total. The molecule has 1 atom stereocenters. The molecule has 0 amide bonds. The van der Waals surface area contributed by atoms with Crippen LogP contribution in [0.5, 0.6) is 6.01 Å². The molecule has 0 radical (unpaired) electrons. The fourth-order valence-corrected chi connectivity index (χ4v) is 1.47. The number of ether oxygens (including phenoxy) is 1. The van der Waals surface area contributed by atoms with Crippen LogP contribution < -0.4 is 10.1 Å². The van der Waals surface area contributed by atoms with Crippen molar-refractivity contribution < 1.29 is 4.74 Å². The fraction of sp³-hybridized carbons (Fsp3) is 0.538. The van der Waals surface area contributed by atoms with E-state index in [-0.39, 0.29) is 6.10 Å². The van der Waals surface area contributed by atoms with Crippen LogP contribution in [-0.2, 0) is 0 Å². The second-order valence-electron chi connectivity index (χ2n) is 4.46. The summed E-state index contributed by atoms with van der Waals surface area (Å²) < 4.78 is 7.27. The molecule has 2 aromatic rings. The Labute approximate surface area is 118 Å². The van der Waals surface area contributed by atoms with Crippen molar-refractivity contribution in [3.63, 3.8) is 0 Å². The quantitative estimate of drug-likeness (QED) is 0.834. The van der Waals surface area contributed by atoms with Crippen molar-refractivity contribution in [2.45, 2.75) is 39.7 Å². The van der Waals surface area contributed by atoms with E-state index >= 15 is 0 Å². The van der Waals surface area contributed by atoms with E-state index in [4.69, 9.17) is 4.74 Å². The summed E-state index contributed by atoms with van der Waals surface area (Å²) in [6.07, 6.45) is 5.40. The summed E-state index contributed by atoms with van der Waals surface area (Å²) in [6, 6.07) is 2.14. The van der Waals surface area contributed by atoms with Crippen LogP contribution in [0.25, 0.3) is 5.95 Å². The van der Waals surface area contributed by atoms with Crippen LogP contribution in [0.1, 0.15) is 33.6 Å². The van der Waals surface area contributed by atoms with Gasteiger partial charge >= 0.3 is 6.01 Å². The third-order valence-corrected chi connectivity index (χ3v) is 2.73. The van der Waals surface area contributed by atoms with Gasteiger partial charge in [-0.1, -0.05) is 13.8 Å². The number of nitrogens with zero attached hydrogens (tertiary/aromatic N) is 5. The van der Waals surface area contributed by atoms with Crippen LogP contribution in [0, 0.1) is 0 Å². The Morgan fingerprint density at radius 3 is 2.80 bits per heavy atom. The lowest BCUT2D eigenvalue weighted by Gasteiger charge is -2.12. The van der Waals surface area contributed by atoms with E-state index in [1.165, 1.54) is 0 Å². The van der Waals surface area contributed by atoms with Gasteiger partial charge < -0.3 is 10.1 Å². The van der Waals surface area contributed by atoms with Crippen molar-refractivity contribution in [3.8, 4) is 12.0 Å². The highest BCUT2D eigenvalue weighted by Crippen LogP contribution is 2.12. The zero-order valence-corrected chi connectivity index (χ0v) is 12.1. The van der Waals surface area contributed by atoms with Crippen molar-refractivity contribution in [2.75, 3.05) is 11.9 Å². The molecular formula is C13H20N6O. The molecule has 1 N–H and O–H groups in total. The summed E-state index contributed by atoms with van der Waals surface area (Å²) in [6.45, 7) is 6.91. The first-order chi connectivity index (χ1) is 9.72. The van der Waals surface area contributed by atoms with E-state index in [2.05, 4.69) is 39.2 Å². The minimum atomic E-state index is 0.0573. The average Bonchev–Trinajstić information content (AvgIpc) is 2.99. The lowest BCUT2D eigenvalue weighted by molar-refractivity contribution is 0.198. The van der Waals surface area contributed by atoms with Crippen LogP contribution in [0.3, 0.4) is 0 Å². The Kier molecular flexibility index (Phi) is 4.86. The van der Waals surface area contributed by atoms with Crippen molar-refractivity contribution in [2.24, 2.45) is 0 Å². The summed E-state index contributed by atoms with van der Waals surface area (Å²) in [7, 11) is 0.